The second-order valence-corrected chi connectivity index (χ2v) is 5.39. The van der Waals surface area contributed by atoms with Crippen LogP contribution in [0.15, 0.2) is 17.0 Å². The van der Waals surface area contributed by atoms with Crippen LogP contribution in [-0.4, -0.2) is 13.3 Å². The highest BCUT2D eigenvalue weighted by atomic mass is 35.7. The molecule has 1 aromatic rings. The minimum absolute atomic E-state index is 0.0217. The Hall–Kier alpha value is -1.34. The van der Waals surface area contributed by atoms with Gasteiger partial charge < -0.3 is 5.73 Å². The lowest BCUT2D eigenvalue weighted by molar-refractivity contribution is -0.385. The molecule has 0 spiro atoms. The maximum absolute atomic E-state index is 11.1. The number of nitro benzene ring substituents is 1. The average molecular weight is 251 g/mol. The van der Waals surface area contributed by atoms with E-state index in [1.165, 1.54) is 6.92 Å². The van der Waals surface area contributed by atoms with Gasteiger partial charge in [-0.05, 0) is 13.0 Å². The number of nitrogens with zero attached hydrogens (tertiary/aromatic N) is 1. The minimum Gasteiger partial charge on any atom is -0.398 e. The van der Waals surface area contributed by atoms with Crippen LogP contribution < -0.4 is 5.73 Å². The Morgan fingerprint density at radius 3 is 2.40 bits per heavy atom. The van der Waals surface area contributed by atoms with Crippen LogP contribution in [0.1, 0.15) is 5.56 Å². The van der Waals surface area contributed by atoms with Gasteiger partial charge in [0.25, 0.3) is 14.7 Å². The molecule has 0 heterocycles. The van der Waals surface area contributed by atoms with Crippen LogP contribution in [0.2, 0.25) is 0 Å². The van der Waals surface area contributed by atoms with Crippen molar-refractivity contribution in [1.29, 1.82) is 0 Å². The zero-order chi connectivity index (χ0) is 11.8. The van der Waals surface area contributed by atoms with Crippen LogP contribution in [0.5, 0.6) is 0 Å². The van der Waals surface area contributed by atoms with Crippen LogP contribution in [0.4, 0.5) is 11.4 Å². The molecular formula is C7H7ClN2O4S. The summed E-state index contributed by atoms with van der Waals surface area (Å²) in [5, 5.41) is 10.6. The number of hydrogen-bond acceptors (Lipinski definition) is 5. The lowest BCUT2D eigenvalue weighted by Gasteiger charge is -2.04. The van der Waals surface area contributed by atoms with Gasteiger partial charge in [-0.15, -0.1) is 0 Å². The summed E-state index contributed by atoms with van der Waals surface area (Å²) < 4.78 is 22.1. The molecule has 15 heavy (non-hydrogen) atoms. The van der Waals surface area contributed by atoms with Crippen molar-refractivity contribution in [1.82, 2.24) is 0 Å². The third kappa shape index (κ3) is 2.37. The summed E-state index contributed by atoms with van der Waals surface area (Å²) in [6.07, 6.45) is 0. The summed E-state index contributed by atoms with van der Waals surface area (Å²) in [6.45, 7) is 1.30. The molecule has 0 aliphatic heterocycles. The van der Waals surface area contributed by atoms with E-state index in [2.05, 4.69) is 0 Å². The van der Waals surface area contributed by atoms with E-state index in [9.17, 15) is 18.5 Å². The van der Waals surface area contributed by atoms with E-state index >= 15 is 0 Å². The molecule has 0 amide bonds. The molecule has 0 aromatic heterocycles. The van der Waals surface area contributed by atoms with Gasteiger partial charge in [0.15, 0.2) is 0 Å². The summed E-state index contributed by atoms with van der Waals surface area (Å²) in [4.78, 5) is 9.52. The Labute approximate surface area is 90.2 Å². The van der Waals surface area contributed by atoms with Crippen molar-refractivity contribution >= 4 is 31.1 Å². The Balaban J connectivity index is 3.63. The first-order valence-corrected chi connectivity index (χ1v) is 6.03. The van der Waals surface area contributed by atoms with E-state index in [1.807, 2.05) is 0 Å². The van der Waals surface area contributed by atoms with Crippen LogP contribution in [-0.2, 0) is 9.05 Å². The van der Waals surface area contributed by atoms with Crippen molar-refractivity contribution in [2.24, 2.45) is 0 Å². The fourth-order valence-electron chi connectivity index (χ4n) is 1.14. The summed E-state index contributed by atoms with van der Waals surface area (Å²) >= 11 is 0. The number of anilines is 1. The number of nitrogens with two attached hydrogens (primary N) is 1. The molecule has 0 bridgehead atoms. The number of halogens is 1. The lowest BCUT2D eigenvalue weighted by atomic mass is 10.2. The van der Waals surface area contributed by atoms with Crippen molar-refractivity contribution in [3.05, 3.63) is 27.8 Å². The SMILES string of the molecule is Cc1c([N+](=O)[O-])cc(N)cc1S(=O)(=O)Cl. The Kier molecular flexibility index (Phi) is 2.87. The van der Waals surface area contributed by atoms with Gasteiger partial charge in [0, 0.05) is 28.0 Å². The van der Waals surface area contributed by atoms with Crippen LogP contribution in [0.3, 0.4) is 0 Å². The van der Waals surface area contributed by atoms with Gasteiger partial charge in [-0.3, -0.25) is 10.1 Å². The second kappa shape index (κ2) is 3.67. The van der Waals surface area contributed by atoms with Crippen molar-refractivity contribution in [3.63, 3.8) is 0 Å². The third-order valence-corrected chi connectivity index (χ3v) is 3.26. The van der Waals surface area contributed by atoms with E-state index in [-0.39, 0.29) is 21.8 Å². The Bertz CT molecular complexity index is 526. The summed E-state index contributed by atoms with van der Waals surface area (Å²) in [6, 6.07) is 2.17. The first-order valence-electron chi connectivity index (χ1n) is 3.72. The molecular weight excluding hydrogens is 244 g/mol. The van der Waals surface area contributed by atoms with Gasteiger partial charge in [0.2, 0.25) is 0 Å². The van der Waals surface area contributed by atoms with Crippen molar-refractivity contribution < 1.29 is 13.3 Å². The Morgan fingerprint density at radius 2 is 2.00 bits per heavy atom. The first-order chi connectivity index (χ1) is 6.73. The molecule has 1 rings (SSSR count). The summed E-state index contributed by atoms with van der Waals surface area (Å²) in [5.74, 6) is 0. The highest BCUT2D eigenvalue weighted by molar-refractivity contribution is 8.13. The smallest absolute Gasteiger partial charge is 0.275 e. The van der Waals surface area contributed by atoms with Crippen LogP contribution in [0.25, 0.3) is 0 Å². The maximum atomic E-state index is 11.1. The number of benzene rings is 1. The van der Waals surface area contributed by atoms with E-state index in [0.717, 1.165) is 12.1 Å². The Morgan fingerprint density at radius 1 is 1.47 bits per heavy atom. The van der Waals surface area contributed by atoms with Crippen LogP contribution in [0, 0.1) is 17.0 Å². The monoisotopic (exact) mass is 250 g/mol. The van der Waals surface area contributed by atoms with Gasteiger partial charge >= 0.3 is 0 Å². The molecule has 82 valence electrons. The van der Waals surface area contributed by atoms with Crippen molar-refractivity contribution in [2.75, 3.05) is 5.73 Å². The predicted molar refractivity (Wildman–Crippen MR) is 55.3 cm³/mol. The van der Waals surface area contributed by atoms with Crippen molar-refractivity contribution in [2.45, 2.75) is 11.8 Å². The molecule has 0 radical (unpaired) electrons. The standard InChI is InChI=1S/C7H7ClN2O4S/c1-4-6(10(11)12)2-5(9)3-7(4)15(8,13)14/h2-3H,9H2,1H3. The van der Waals surface area contributed by atoms with Gasteiger partial charge in [-0.1, -0.05) is 0 Å². The number of rotatable bonds is 2. The second-order valence-electron chi connectivity index (χ2n) is 2.86. The van der Waals surface area contributed by atoms with E-state index < -0.39 is 14.0 Å². The fraction of sp³-hybridized carbons (Fsp3) is 0.143. The highest BCUT2D eigenvalue weighted by Gasteiger charge is 2.22. The van der Waals surface area contributed by atoms with E-state index in [0.29, 0.717) is 0 Å². The topological polar surface area (TPSA) is 103 Å². The fourth-order valence-corrected chi connectivity index (χ4v) is 2.36. The number of hydrogen-bond donors (Lipinski definition) is 1. The van der Waals surface area contributed by atoms with E-state index in [1.54, 1.807) is 0 Å². The van der Waals surface area contributed by atoms with Gasteiger partial charge in [0.1, 0.15) is 0 Å². The largest absolute Gasteiger partial charge is 0.398 e. The molecule has 0 aliphatic rings. The highest BCUT2D eigenvalue weighted by Crippen LogP contribution is 2.30. The molecule has 8 heteroatoms. The first kappa shape index (κ1) is 11.7. The summed E-state index contributed by atoms with van der Waals surface area (Å²) in [5.41, 5.74) is 4.92. The maximum Gasteiger partial charge on any atom is 0.275 e. The van der Waals surface area contributed by atoms with Crippen molar-refractivity contribution in [3.8, 4) is 0 Å². The van der Waals surface area contributed by atoms with Gasteiger partial charge in [0.05, 0.1) is 9.82 Å². The molecule has 0 aliphatic carbocycles. The molecule has 0 saturated carbocycles. The molecule has 2 N–H and O–H groups in total. The van der Waals surface area contributed by atoms with Crippen LogP contribution >= 0.6 is 10.7 Å². The lowest BCUT2D eigenvalue weighted by Crippen LogP contribution is -2.01. The average Bonchev–Trinajstić information content (AvgIpc) is 2.06. The molecule has 0 atom stereocenters. The molecule has 6 nitrogen and oxygen atoms in total. The normalized spacial score (nSPS) is 11.3. The van der Waals surface area contributed by atoms with Gasteiger partial charge in [-0.2, -0.15) is 0 Å². The molecule has 1 aromatic carbocycles. The zero-order valence-electron chi connectivity index (χ0n) is 7.60. The summed E-state index contributed by atoms with van der Waals surface area (Å²) in [7, 11) is 1.08. The zero-order valence-corrected chi connectivity index (χ0v) is 9.17. The molecule has 0 unspecified atom stereocenters. The molecule has 0 saturated heterocycles. The van der Waals surface area contributed by atoms with Gasteiger partial charge in [-0.25, -0.2) is 8.42 Å². The number of nitro groups is 1. The quantitative estimate of drug-likeness (QED) is 0.370. The third-order valence-electron chi connectivity index (χ3n) is 1.81. The van der Waals surface area contributed by atoms with E-state index in [4.69, 9.17) is 16.4 Å². The number of nitrogen functional groups attached to an aromatic ring is 1. The molecule has 0 fully saturated rings. The minimum atomic E-state index is -4.02. The predicted octanol–water partition coefficient (Wildman–Crippen LogP) is 1.41.